The number of pyridine rings is 1. The Labute approximate surface area is 156 Å². The number of hydrogen-bond acceptors (Lipinski definition) is 4. The van der Waals surface area contributed by atoms with Gasteiger partial charge in [0.2, 0.25) is 0 Å². The maximum absolute atomic E-state index is 12.9. The third kappa shape index (κ3) is 4.74. The quantitative estimate of drug-likeness (QED) is 0.883. The fourth-order valence-corrected chi connectivity index (χ4v) is 3.46. The molecule has 2 saturated heterocycles. The summed E-state index contributed by atoms with van der Waals surface area (Å²) in [5.74, 6) is 1.57. The standard InChI is InChI=1S/C17H26N4O.2ClH/c18-13-14-6-11-21(12-7-14)17(22)15-5-4-8-19-16(15)20-9-2-1-3-10-20;;/h4-5,8,14H,1-3,6-7,9-13,18H2;2*1H. The molecule has 0 atom stereocenters. The van der Waals surface area contributed by atoms with Crippen molar-refractivity contribution in [2.45, 2.75) is 32.1 Å². The van der Waals surface area contributed by atoms with Crippen LogP contribution < -0.4 is 10.6 Å². The number of amides is 1. The average Bonchev–Trinajstić information content (AvgIpc) is 2.62. The number of halogens is 2. The zero-order valence-electron chi connectivity index (χ0n) is 14.0. The van der Waals surface area contributed by atoms with E-state index in [0.29, 0.717) is 5.92 Å². The van der Waals surface area contributed by atoms with Crippen LogP contribution in [0.2, 0.25) is 0 Å². The second-order valence-electron chi connectivity index (χ2n) is 6.39. The molecule has 2 fully saturated rings. The van der Waals surface area contributed by atoms with E-state index in [0.717, 1.165) is 56.9 Å². The number of rotatable bonds is 3. The molecule has 3 rings (SSSR count). The van der Waals surface area contributed by atoms with Crippen molar-refractivity contribution in [3.63, 3.8) is 0 Å². The summed E-state index contributed by atoms with van der Waals surface area (Å²) in [5.41, 5.74) is 6.50. The lowest BCUT2D eigenvalue weighted by atomic mass is 9.96. The van der Waals surface area contributed by atoms with Gasteiger partial charge in [-0.15, -0.1) is 24.8 Å². The number of piperidine rings is 2. The predicted octanol–water partition coefficient (Wildman–Crippen LogP) is 2.73. The number of hydrogen-bond donors (Lipinski definition) is 1. The molecule has 1 aromatic rings. The van der Waals surface area contributed by atoms with E-state index in [9.17, 15) is 4.79 Å². The maximum atomic E-state index is 12.9. The minimum atomic E-state index is 0. The topological polar surface area (TPSA) is 62.5 Å². The van der Waals surface area contributed by atoms with Crippen LogP contribution in [0.25, 0.3) is 0 Å². The minimum absolute atomic E-state index is 0. The van der Waals surface area contributed by atoms with Crippen LogP contribution in [0.1, 0.15) is 42.5 Å². The Kier molecular flexibility index (Phi) is 8.81. The van der Waals surface area contributed by atoms with Gasteiger partial charge in [-0.05, 0) is 56.7 Å². The summed E-state index contributed by atoms with van der Waals surface area (Å²) < 4.78 is 0. The summed E-state index contributed by atoms with van der Waals surface area (Å²) >= 11 is 0. The molecule has 2 N–H and O–H groups in total. The van der Waals surface area contributed by atoms with Crippen LogP contribution in [-0.2, 0) is 0 Å². The Hall–Kier alpha value is -1.04. The molecular weight excluding hydrogens is 347 g/mol. The van der Waals surface area contributed by atoms with Gasteiger partial charge in [0.05, 0.1) is 5.56 Å². The molecular formula is C17H28Cl2N4O. The summed E-state index contributed by atoms with van der Waals surface area (Å²) in [5, 5.41) is 0. The Morgan fingerprint density at radius 3 is 2.42 bits per heavy atom. The number of aromatic nitrogens is 1. The smallest absolute Gasteiger partial charge is 0.257 e. The van der Waals surface area contributed by atoms with Crippen LogP contribution in [0.3, 0.4) is 0 Å². The van der Waals surface area contributed by atoms with Crippen molar-refractivity contribution in [3.05, 3.63) is 23.9 Å². The summed E-state index contributed by atoms with van der Waals surface area (Å²) in [7, 11) is 0. The van der Waals surface area contributed by atoms with Gasteiger partial charge in [-0.3, -0.25) is 4.79 Å². The summed E-state index contributed by atoms with van der Waals surface area (Å²) in [6, 6.07) is 3.79. The summed E-state index contributed by atoms with van der Waals surface area (Å²) in [4.78, 5) is 21.6. The minimum Gasteiger partial charge on any atom is -0.356 e. The SMILES string of the molecule is Cl.Cl.NCC1CCN(C(=O)c2cccnc2N2CCCCC2)CC1. The molecule has 0 bridgehead atoms. The van der Waals surface area contributed by atoms with Gasteiger partial charge >= 0.3 is 0 Å². The van der Waals surface area contributed by atoms with Gasteiger partial charge < -0.3 is 15.5 Å². The molecule has 0 radical (unpaired) electrons. The van der Waals surface area contributed by atoms with E-state index in [2.05, 4.69) is 9.88 Å². The third-order valence-corrected chi connectivity index (χ3v) is 4.91. The lowest BCUT2D eigenvalue weighted by Gasteiger charge is -2.33. The van der Waals surface area contributed by atoms with Crippen molar-refractivity contribution in [2.75, 3.05) is 37.6 Å². The summed E-state index contributed by atoms with van der Waals surface area (Å²) in [6.45, 7) is 4.37. The second-order valence-corrected chi connectivity index (χ2v) is 6.39. The molecule has 7 heteroatoms. The van der Waals surface area contributed by atoms with Crippen LogP contribution in [0.4, 0.5) is 5.82 Å². The molecule has 1 amide bonds. The highest BCUT2D eigenvalue weighted by atomic mass is 35.5. The Bertz CT molecular complexity index is 515. The lowest BCUT2D eigenvalue weighted by Crippen LogP contribution is -2.41. The first-order valence-electron chi connectivity index (χ1n) is 8.49. The normalized spacial score (nSPS) is 18.5. The molecule has 5 nitrogen and oxygen atoms in total. The van der Waals surface area contributed by atoms with Crippen molar-refractivity contribution in [1.82, 2.24) is 9.88 Å². The number of likely N-dealkylation sites (tertiary alicyclic amines) is 1. The highest BCUT2D eigenvalue weighted by Gasteiger charge is 2.26. The van der Waals surface area contributed by atoms with Crippen molar-refractivity contribution in [1.29, 1.82) is 0 Å². The van der Waals surface area contributed by atoms with Gasteiger partial charge in [0.25, 0.3) is 5.91 Å². The lowest BCUT2D eigenvalue weighted by molar-refractivity contribution is 0.0693. The fourth-order valence-electron chi connectivity index (χ4n) is 3.46. The number of carbonyl (C=O) groups excluding carboxylic acids is 1. The molecule has 0 unspecified atom stereocenters. The number of anilines is 1. The monoisotopic (exact) mass is 374 g/mol. The first-order chi connectivity index (χ1) is 10.8. The average molecular weight is 375 g/mol. The molecule has 3 heterocycles. The molecule has 0 aliphatic carbocycles. The van der Waals surface area contributed by atoms with E-state index in [-0.39, 0.29) is 30.7 Å². The first kappa shape index (κ1) is 21.0. The van der Waals surface area contributed by atoms with Crippen LogP contribution in [0.5, 0.6) is 0 Å². The molecule has 0 spiro atoms. The molecule has 24 heavy (non-hydrogen) atoms. The molecule has 1 aromatic heterocycles. The van der Waals surface area contributed by atoms with E-state index >= 15 is 0 Å². The van der Waals surface area contributed by atoms with Gasteiger partial charge in [0.1, 0.15) is 5.82 Å². The van der Waals surface area contributed by atoms with E-state index in [1.165, 1.54) is 19.3 Å². The van der Waals surface area contributed by atoms with E-state index in [1.807, 2.05) is 17.0 Å². The van der Waals surface area contributed by atoms with Gasteiger partial charge in [-0.25, -0.2) is 4.98 Å². The van der Waals surface area contributed by atoms with Crippen molar-refractivity contribution < 1.29 is 4.79 Å². The van der Waals surface area contributed by atoms with Crippen molar-refractivity contribution in [3.8, 4) is 0 Å². The van der Waals surface area contributed by atoms with E-state index in [1.54, 1.807) is 6.20 Å². The maximum Gasteiger partial charge on any atom is 0.257 e. The van der Waals surface area contributed by atoms with Crippen LogP contribution in [0.15, 0.2) is 18.3 Å². The molecule has 2 aliphatic heterocycles. The third-order valence-electron chi connectivity index (χ3n) is 4.91. The van der Waals surface area contributed by atoms with Crippen LogP contribution in [-0.4, -0.2) is 48.5 Å². The molecule has 2 aliphatic rings. The van der Waals surface area contributed by atoms with Gasteiger partial charge in [-0.2, -0.15) is 0 Å². The van der Waals surface area contributed by atoms with Crippen LogP contribution in [0, 0.1) is 5.92 Å². The molecule has 0 saturated carbocycles. The van der Waals surface area contributed by atoms with Gasteiger partial charge in [0.15, 0.2) is 0 Å². The Balaban J connectivity index is 0.00000144. The molecule has 0 aromatic carbocycles. The fraction of sp³-hybridized carbons (Fsp3) is 0.647. The number of nitrogens with zero attached hydrogens (tertiary/aromatic N) is 3. The van der Waals surface area contributed by atoms with Gasteiger partial charge in [0, 0.05) is 32.4 Å². The van der Waals surface area contributed by atoms with Crippen LogP contribution >= 0.6 is 24.8 Å². The molecule has 136 valence electrons. The van der Waals surface area contributed by atoms with E-state index in [4.69, 9.17) is 5.73 Å². The number of nitrogens with two attached hydrogens (primary N) is 1. The zero-order valence-corrected chi connectivity index (χ0v) is 15.7. The van der Waals surface area contributed by atoms with Crippen molar-refractivity contribution in [2.24, 2.45) is 11.7 Å². The Morgan fingerprint density at radius 2 is 1.79 bits per heavy atom. The predicted molar refractivity (Wildman–Crippen MR) is 102 cm³/mol. The highest BCUT2D eigenvalue weighted by Crippen LogP contribution is 2.25. The van der Waals surface area contributed by atoms with Gasteiger partial charge in [-0.1, -0.05) is 0 Å². The largest absolute Gasteiger partial charge is 0.356 e. The van der Waals surface area contributed by atoms with E-state index < -0.39 is 0 Å². The zero-order chi connectivity index (χ0) is 15.4. The highest BCUT2D eigenvalue weighted by molar-refractivity contribution is 5.99. The first-order valence-corrected chi connectivity index (χ1v) is 8.49. The van der Waals surface area contributed by atoms with Crippen molar-refractivity contribution >= 4 is 36.5 Å². The number of carbonyl (C=O) groups is 1. The summed E-state index contributed by atoms with van der Waals surface area (Å²) in [6.07, 6.45) is 7.47. The Morgan fingerprint density at radius 1 is 1.12 bits per heavy atom. The second kappa shape index (κ2) is 10.1.